The molecule has 1 unspecified atom stereocenters. The van der Waals surface area contributed by atoms with Gasteiger partial charge in [-0.2, -0.15) is 5.10 Å². The number of anilines is 1. The largest absolute Gasteiger partial charge is 0.394 e. The van der Waals surface area contributed by atoms with Gasteiger partial charge in [-0.25, -0.2) is 0 Å². The van der Waals surface area contributed by atoms with Gasteiger partial charge in [0.25, 0.3) is 0 Å². The lowest BCUT2D eigenvalue weighted by Gasteiger charge is -2.18. The minimum atomic E-state index is 0.104. The molecule has 2 aromatic rings. The SMILES string of the molecule is Cc1cc(C)c(C(C)Nc2cnn(CCO)c2)cc1C. The maximum atomic E-state index is 8.90. The predicted molar refractivity (Wildman–Crippen MR) is 82.0 cm³/mol. The molecule has 0 saturated heterocycles. The highest BCUT2D eigenvalue weighted by Gasteiger charge is 2.11. The number of hydrogen-bond donors (Lipinski definition) is 2. The van der Waals surface area contributed by atoms with Crippen LogP contribution >= 0.6 is 0 Å². The van der Waals surface area contributed by atoms with Crippen molar-refractivity contribution in [1.29, 1.82) is 0 Å². The van der Waals surface area contributed by atoms with E-state index in [1.165, 1.54) is 22.3 Å². The standard InChI is InChI=1S/C16H23N3O/c1-11-7-13(3)16(8-12(11)2)14(4)18-15-9-17-19(10-15)5-6-20/h7-10,14,18,20H,5-6H2,1-4H3. The quantitative estimate of drug-likeness (QED) is 0.880. The summed E-state index contributed by atoms with van der Waals surface area (Å²) in [5.74, 6) is 0. The smallest absolute Gasteiger partial charge is 0.0731 e. The first-order valence-corrected chi connectivity index (χ1v) is 6.99. The summed E-state index contributed by atoms with van der Waals surface area (Å²) in [6, 6.07) is 4.71. The molecule has 1 atom stereocenters. The second-order valence-electron chi connectivity index (χ2n) is 5.37. The summed E-state index contributed by atoms with van der Waals surface area (Å²) in [4.78, 5) is 0. The third-order valence-corrected chi connectivity index (χ3v) is 3.69. The molecule has 0 bridgehead atoms. The molecule has 0 aliphatic carbocycles. The van der Waals surface area contributed by atoms with Gasteiger partial charge in [0.2, 0.25) is 0 Å². The molecule has 1 aromatic heterocycles. The van der Waals surface area contributed by atoms with E-state index in [-0.39, 0.29) is 12.6 Å². The van der Waals surface area contributed by atoms with Gasteiger partial charge >= 0.3 is 0 Å². The van der Waals surface area contributed by atoms with E-state index in [0.29, 0.717) is 6.54 Å². The highest BCUT2D eigenvalue weighted by atomic mass is 16.3. The van der Waals surface area contributed by atoms with Crippen molar-refractivity contribution in [3.8, 4) is 0 Å². The molecule has 0 aliphatic heterocycles. The minimum Gasteiger partial charge on any atom is -0.394 e. The van der Waals surface area contributed by atoms with Crippen LogP contribution in [-0.4, -0.2) is 21.5 Å². The summed E-state index contributed by atoms with van der Waals surface area (Å²) >= 11 is 0. The number of aromatic nitrogens is 2. The van der Waals surface area contributed by atoms with Gasteiger partial charge in [-0.15, -0.1) is 0 Å². The summed E-state index contributed by atoms with van der Waals surface area (Å²) in [6.07, 6.45) is 3.71. The van der Waals surface area contributed by atoms with Crippen LogP contribution in [0.2, 0.25) is 0 Å². The lowest BCUT2D eigenvalue weighted by atomic mass is 9.96. The highest BCUT2D eigenvalue weighted by molar-refractivity contribution is 5.45. The van der Waals surface area contributed by atoms with Crippen molar-refractivity contribution < 1.29 is 5.11 Å². The first-order valence-electron chi connectivity index (χ1n) is 6.99. The van der Waals surface area contributed by atoms with Gasteiger partial charge in [0.05, 0.1) is 25.0 Å². The van der Waals surface area contributed by atoms with Crippen molar-refractivity contribution >= 4 is 5.69 Å². The van der Waals surface area contributed by atoms with Crippen LogP contribution in [0.4, 0.5) is 5.69 Å². The summed E-state index contributed by atoms with van der Waals surface area (Å²) in [5, 5.41) is 16.6. The molecule has 0 radical (unpaired) electrons. The minimum absolute atomic E-state index is 0.104. The van der Waals surface area contributed by atoms with E-state index >= 15 is 0 Å². The molecule has 108 valence electrons. The van der Waals surface area contributed by atoms with Crippen LogP contribution in [0.1, 0.15) is 35.2 Å². The fourth-order valence-electron chi connectivity index (χ4n) is 2.44. The van der Waals surface area contributed by atoms with E-state index in [0.717, 1.165) is 5.69 Å². The Hall–Kier alpha value is -1.81. The van der Waals surface area contributed by atoms with Crippen LogP contribution in [0.15, 0.2) is 24.5 Å². The molecule has 0 spiro atoms. The summed E-state index contributed by atoms with van der Waals surface area (Å²) in [7, 11) is 0. The van der Waals surface area contributed by atoms with E-state index < -0.39 is 0 Å². The van der Waals surface area contributed by atoms with Crippen LogP contribution < -0.4 is 5.32 Å². The van der Waals surface area contributed by atoms with E-state index in [4.69, 9.17) is 5.11 Å². The first kappa shape index (κ1) is 14.6. The second-order valence-corrected chi connectivity index (χ2v) is 5.37. The monoisotopic (exact) mass is 273 g/mol. The van der Waals surface area contributed by atoms with Crippen LogP contribution in [-0.2, 0) is 6.54 Å². The van der Waals surface area contributed by atoms with Crippen LogP contribution in [0.5, 0.6) is 0 Å². The Morgan fingerprint density at radius 2 is 1.90 bits per heavy atom. The molecular weight excluding hydrogens is 250 g/mol. The number of hydrogen-bond acceptors (Lipinski definition) is 3. The fraction of sp³-hybridized carbons (Fsp3) is 0.438. The number of nitrogens with one attached hydrogen (secondary N) is 1. The molecule has 2 N–H and O–H groups in total. The van der Waals surface area contributed by atoms with Gasteiger partial charge in [0.1, 0.15) is 0 Å². The average Bonchev–Trinajstić information content (AvgIpc) is 2.81. The lowest BCUT2D eigenvalue weighted by molar-refractivity contribution is 0.269. The third kappa shape index (κ3) is 3.20. The van der Waals surface area contributed by atoms with E-state index in [2.05, 4.69) is 50.2 Å². The zero-order valence-corrected chi connectivity index (χ0v) is 12.6. The molecule has 1 heterocycles. The summed E-state index contributed by atoms with van der Waals surface area (Å²) in [6.45, 7) is 9.22. The number of rotatable bonds is 5. The van der Waals surface area contributed by atoms with Crippen molar-refractivity contribution in [1.82, 2.24) is 9.78 Å². The van der Waals surface area contributed by atoms with Crippen LogP contribution in [0, 0.1) is 20.8 Å². The molecule has 0 saturated carbocycles. The molecule has 0 amide bonds. The van der Waals surface area contributed by atoms with Gasteiger partial charge < -0.3 is 10.4 Å². The van der Waals surface area contributed by atoms with Crippen molar-refractivity contribution in [3.05, 3.63) is 46.8 Å². The van der Waals surface area contributed by atoms with Gasteiger partial charge in [-0.3, -0.25) is 4.68 Å². The number of aryl methyl sites for hydroxylation is 3. The molecule has 2 rings (SSSR count). The maximum absolute atomic E-state index is 8.90. The number of benzene rings is 1. The van der Waals surface area contributed by atoms with Crippen molar-refractivity contribution in [2.45, 2.75) is 40.3 Å². The number of aliphatic hydroxyl groups excluding tert-OH is 1. The molecular formula is C16H23N3O. The molecule has 1 aromatic carbocycles. The normalized spacial score (nSPS) is 12.4. The Bertz CT molecular complexity index is 589. The Morgan fingerprint density at radius 3 is 2.60 bits per heavy atom. The second kappa shape index (κ2) is 6.09. The van der Waals surface area contributed by atoms with Crippen molar-refractivity contribution in [3.63, 3.8) is 0 Å². The predicted octanol–water partition coefficient (Wildman–Crippen LogP) is 2.97. The Morgan fingerprint density at radius 1 is 1.20 bits per heavy atom. The molecule has 4 nitrogen and oxygen atoms in total. The molecule has 0 fully saturated rings. The van der Waals surface area contributed by atoms with Crippen molar-refractivity contribution in [2.24, 2.45) is 0 Å². The molecule has 4 heteroatoms. The highest BCUT2D eigenvalue weighted by Crippen LogP contribution is 2.24. The lowest BCUT2D eigenvalue weighted by Crippen LogP contribution is -2.08. The van der Waals surface area contributed by atoms with E-state index in [1.54, 1.807) is 10.9 Å². The van der Waals surface area contributed by atoms with Gasteiger partial charge in [-0.1, -0.05) is 12.1 Å². The molecule has 0 aliphatic rings. The van der Waals surface area contributed by atoms with E-state index in [9.17, 15) is 0 Å². The number of nitrogens with zero attached hydrogens (tertiary/aromatic N) is 2. The fourth-order valence-corrected chi connectivity index (χ4v) is 2.44. The Balaban J connectivity index is 2.14. The zero-order valence-electron chi connectivity index (χ0n) is 12.6. The number of aliphatic hydroxyl groups is 1. The van der Waals surface area contributed by atoms with Crippen molar-refractivity contribution in [2.75, 3.05) is 11.9 Å². The van der Waals surface area contributed by atoms with Gasteiger partial charge in [-0.05, 0) is 49.9 Å². The van der Waals surface area contributed by atoms with E-state index in [1.807, 2.05) is 6.20 Å². The van der Waals surface area contributed by atoms with Gasteiger partial charge in [0, 0.05) is 12.2 Å². The zero-order chi connectivity index (χ0) is 14.7. The average molecular weight is 273 g/mol. The third-order valence-electron chi connectivity index (χ3n) is 3.69. The topological polar surface area (TPSA) is 50.1 Å². The van der Waals surface area contributed by atoms with Crippen LogP contribution in [0.25, 0.3) is 0 Å². The Labute approximate surface area is 120 Å². The van der Waals surface area contributed by atoms with Gasteiger partial charge in [0.15, 0.2) is 0 Å². The summed E-state index contributed by atoms with van der Waals surface area (Å²) in [5.41, 5.74) is 6.23. The summed E-state index contributed by atoms with van der Waals surface area (Å²) < 4.78 is 1.74. The van der Waals surface area contributed by atoms with Crippen LogP contribution in [0.3, 0.4) is 0 Å². The maximum Gasteiger partial charge on any atom is 0.0731 e. The molecule has 20 heavy (non-hydrogen) atoms. The first-order chi connectivity index (χ1) is 9.51. The Kier molecular flexibility index (Phi) is 4.45.